The Hall–Kier alpha value is -1.70. The summed E-state index contributed by atoms with van der Waals surface area (Å²) in [5.41, 5.74) is 0.417. The summed E-state index contributed by atoms with van der Waals surface area (Å²) in [7, 11) is -3.12. The van der Waals surface area contributed by atoms with Crippen LogP contribution in [0.15, 0.2) is 24.3 Å². The maximum atomic E-state index is 12.9. The van der Waals surface area contributed by atoms with Gasteiger partial charge < -0.3 is 9.64 Å². The van der Waals surface area contributed by atoms with Crippen LogP contribution in [0.5, 0.6) is 5.75 Å². The van der Waals surface area contributed by atoms with E-state index in [-0.39, 0.29) is 30.7 Å². The van der Waals surface area contributed by atoms with Crippen LogP contribution >= 0.6 is 0 Å². The maximum absolute atomic E-state index is 12.9. The molecule has 1 heterocycles. The van der Waals surface area contributed by atoms with Gasteiger partial charge in [0.2, 0.25) is 0 Å². The summed E-state index contributed by atoms with van der Waals surface area (Å²) in [5.74, 6) is -2.67. The molecule has 0 spiro atoms. The summed E-state index contributed by atoms with van der Waals surface area (Å²) in [5, 5.41) is -0.454. The molecule has 0 aromatic heterocycles. The van der Waals surface area contributed by atoms with E-state index in [4.69, 9.17) is 4.74 Å². The quantitative estimate of drug-likeness (QED) is 0.818. The second-order valence-electron chi connectivity index (χ2n) is 7.00. The summed E-state index contributed by atoms with van der Waals surface area (Å²) in [6, 6.07) is 5.85. The Balaban J connectivity index is 1.47. The average Bonchev–Trinajstić information content (AvgIpc) is 2.97. The largest absolute Gasteiger partial charge is 0.484 e. The zero-order chi connectivity index (χ0) is 17.8. The SMILES string of the molecule is O=C(c1ccc(OC2CC2(F)F)cc1)N1CCS(=O)(=O)C2CCCC21. The molecule has 3 aliphatic rings. The molecule has 136 valence electrons. The van der Waals surface area contributed by atoms with Crippen molar-refractivity contribution in [2.45, 2.75) is 49.0 Å². The first-order chi connectivity index (χ1) is 11.8. The number of alkyl halides is 2. The fraction of sp³-hybridized carbons (Fsp3) is 0.588. The number of benzene rings is 1. The minimum atomic E-state index is -3.12. The fourth-order valence-electron chi connectivity index (χ4n) is 3.80. The van der Waals surface area contributed by atoms with Crippen LogP contribution in [0.4, 0.5) is 8.78 Å². The molecule has 8 heteroatoms. The van der Waals surface area contributed by atoms with Crippen molar-refractivity contribution in [2.24, 2.45) is 0 Å². The third-order valence-electron chi connectivity index (χ3n) is 5.30. The van der Waals surface area contributed by atoms with E-state index in [9.17, 15) is 22.0 Å². The topological polar surface area (TPSA) is 63.7 Å². The fourth-order valence-corrected chi connectivity index (χ4v) is 5.84. The summed E-state index contributed by atoms with van der Waals surface area (Å²) in [6.45, 7) is 0.203. The van der Waals surface area contributed by atoms with Gasteiger partial charge >= 0.3 is 0 Å². The van der Waals surface area contributed by atoms with Gasteiger partial charge in [-0.15, -0.1) is 0 Å². The molecule has 3 fully saturated rings. The number of hydrogen-bond acceptors (Lipinski definition) is 4. The third-order valence-corrected chi connectivity index (χ3v) is 7.53. The smallest absolute Gasteiger partial charge is 0.288 e. The van der Waals surface area contributed by atoms with E-state index in [2.05, 4.69) is 0 Å². The average molecular weight is 371 g/mol. The lowest BCUT2D eigenvalue weighted by Gasteiger charge is -2.37. The second kappa shape index (κ2) is 5.65. The van der Waals surface area contributed by atoms with Gasteiger partial charge in [-0.2, -0.15) is 0 Å². The van der Waals surface area contributed by atoms with Gasteiger partial charge in [-0.3, -0.25) is 4.79 Å². The number of ether oxygens (including phenoxy) is 1. The van der Waals surface area contributed by atoms with Gasteiger partial charge in [0.25, 0.3) is 11.8 Å². The number of carbonyl (C=O) groups is 1. The standard InChI is InChI=1S/C17H19F2NO4S/c18-17(19)10-15(17)24-12-6-4-11(5-7-12)16(21)20-8-9-25(22,23)14-3-1-2-13(14)20/h4-7,13-15H,1-3,8-10H2. The van der Waals surface area contributed by atoms with Crippen molar-refractivity contribution in [3.8, 4) is 5.75 Å². The van der Waals surface area contributed by atoms with Crippen molar-refractivity contribution >= 4 is 15.7 Å². The van der Waals surface area contributed by atoms with Crippen molar-refractivity contribution in [1.29, 1.82) is 0 Å². The van der Waals surface area contributed by atoms with Crippen LogP contribution < -0.4 is 4.74 Å². The summed E-state index contributed by atoms with van der Waals surface area (Å²) < 4.78 is 55.2. The molecule has 1 aromatic carbocycles. The van der Waals surface area contributed by atoms with Gasteiger partial charge in [0.15, 0.2) is 15.9 Å². The van der Waals surface area contributed by atoms with E-state index in [0.29, 0.717) is 24.2 Å². The lowest BCUT2D eigenvalue weighted by Crippen LogP contribution is -2.54. The van der Waals surface area contributed by atoms with E-state index in [1.807, 2.05) is 0 Å². The third kappa shape index (κ3) is 3.01. The van der Waals surface area contributed by atoms with Crippen LogP contribution in [0.2, 0.25) is 0 Å². The Kier molecular flexibility index (Phi) is 3.79. The van der Waals surface area contributed by atoms with Gasteiger partial charge in [0.05, 0.1) is 17.4 Å². The maximum Gasteiger partial charge on any atom is 0.288 e. The molecule has 0 bridgehead atoms. The Morgan fingerprint density at radius 1 is 1.20 bits per heavy atom. The molecule has 2 saturated carbocycles. The molecule has 1 amide bonds. The zero-order valence-electron chi connectivity index (χ0n) is 13.5. The summed E-state index contributed by atoms with van der Waals surface area (Å²) in [6.07, 6.45) is 0.757. The summed E-state index contributed by atoms with van der Waals surface area (Å²) in [4.78, 5) is 14.4. The van der Waals surface area contributed by atoms with Gasteiger partial charge in [0, 0.05) is 18.2 Å². The number of amides is 1. The highest BCUT2D eigenvalue weighted by Crippen LogP contribution is 2.44. The molecular weight excluding hydrogens is 352 g/mol. The highest BCUT2D eigenvalue weighted by molar-refractivity contribution is 7.92. The van der Waals surface area contributed by atoms with E-state index >= 15 is 0 Å². The number of hydrogen-bond donors (Lipinski definition) is 0. The predicted octanol–water partition coefficient (Wildman–Crippen LogP) is 2.26. The molecule has 2 aliphatic carbocycles. The first-order valence-electron chi connectivity index (χ1n) is 8.45. The van der Waals surface area contributed by atoms with Crippen LogP contribution in [0.3, 0.4) is 0 Å². The highest BCUT2D eigenvalue weighted by atomic mass is 32.2. The number of sulfone groups is 1. The van der Waals surface area contributed by atoms with Gasteiger partial charge in [-0.1, -0.05) is 0 Å². The Morgan fingerprint density at radius 2 is 1.88 bits per heavy atom. The monoisotopic (exact) mass is 371 g/mol. The lowest BCUT2D eigenvalue weighted by molar-refractivity contribution is 0.0659. The van der Waals surface area contributed by atoms with Crippen molar-refractivity contribution in [3.63, 3.8) is 0 Å². The van der Waals surface area contributed by atoms with E-state index in [1.165, 1.54) is 12.1 Å². The minimum Gasteiger partial charge on any atom is -0.484 e. The molecule has 1 aliphatic heterocycles. The zero-order valence-corrected chi connectivity index (χ0v) is 14.3. The van der Waals surface area contributed by atoms with Crippen LogP contribution in [0.25, 0.3) is 0 Å². The molecule has 25 heavy (non-hydrogen) atoms. The van der Waals surface area contributed by atoms with E-state index < -0.39 is 27.1 Å². The molecule has 1 saturated heterocycles. The van der Waals surface area contributed by atoms with Crippen molar-refractivity contribution < 1.29 is 26.7 Å². The molecule has 0 radical (unpaired) electrons. The van der Waals surface area contributed by atoms with Crippen molar-refractivity contribution in [3.05, 3.63) is 29.8 Å². The molecule has 5 nitrogen and oxygen atoms in total. The lowest BCUT2D eigenvalue weighted by atomic mass is 10.1. The number of rotatable bonds is 3. The van der Waals surface area contributed by atoms with Gasteiger partial charge in [0.1, 0.15) is 5.75 Å². The van der Waals surface area contributed by atoms with Crippen LogP contribution in [0, 0.1) is 0 Å². The van der Waals surface area contributed by atoms with E-state index in [1.54, 1.807) is 17.0 Å². The molecule has 0 N–H and O–H groups in total. The molecule has 3 unspecified atom stereocenters. The molecule has 3 atom stereocenters. The highest BCUT2D eigenvalue weighted by Gasteiger charge is 2.59. The van der Waals surface area contributed by atoms with Crippen LogP contribution in [-0.4, -0.2) is 54.8 Å². The van der Waals surface area contributed by atoms with E-state index in [0.717, 1.165) is 6.42 Å². The van der Waals surface area contributed by atoms with Gasteiger partial charge in [-0.25, -0.2) is 17.2 Å². The Morgan fingerprint density at radius 3 is 2.52 bits per heavy atom. The van der Waals surface area contributed by atoms with Crippen LogP contribution in [0.1, 0.15) is 36.0 Å². The molecule has 1 aromatic rings. The van der Waals surface area contributed by atoms with Crippen molar-refractivity contribution in [1.82, 2.24) is 4.90 Å². The van der Waals surface area contributed by atoms with Crippen molar-refractivity contribution in [2.75, 3.05) is 12.3 Å². The normalized spacial score (nSPS) is 32.1. The number of nitrogens with zero attached hydrogens (tertiary/aromatic N) is 1. The number of halogens is 2. The Labute approximate surface area is 144 Å². The Bertz CT molecular complexity index is 793. The van der Waals surface area contributed by atoms with Crippen LogP contribution in [-0.2, 0) is 9.84 Å². The first kappa shape index (κ1) is 16.8. The second-order valence-corrected chi connectivity index (χ2v) is 9.34. The van der Waals surface area contributed by atoms with Gasteiger partial charge in [-0.05, 0) is 43.5 Å². The molecule has 4 rings (SSSR count). The first-order valence-corrected chi connectivity index (χ1v) is 10.2. The minimum absolute atomic E-state index is 0.00212. The summed E-state index contributed by atoms with van der Waals surface area (Å²) >= 11 is 0. The predicted molar refractivity (Wildman–Crippen MR) is 86.7 cm³/mol. The number of carbonyl (C=O) groups excluding carboxylic acids is 1. The number of fused-ring (bicyclic) bond motifs is 1. The molecular formula is C17H19F2NO4S.